The Morgan fingerprint density at radius 1 is 1.29 bits per heavy atom. The molecule has 3 rings (SSSR count). The number of ether oxygens (including phenoxy) is 2. The highest BCUT2D eigenvalue weighted by Crippen LogP contribution is 2.20. The van der Waals surface area contributed by atoms with Gasteiger partial charge in [-0.1, -0.05) is 6.07 Å². The van der Waals surface area contributed by atoms with Gasteiger partial charge in [-0.15, -0.1) is 0 Å². The van der Waals surface area contributed by atoms with Gasteiger partial charge in [-0.3, -0.25) is 4.79 Å². The lowest BCUT2D eigenvalue weighted by Crippen LogP contribution is -2.41. The molecule has 0 saturated carbocycles. The van der Waals surface area contributed by atoms with Crippen LogP contribution in [0, 0.1) is 5.82 Å². The standard InChI is InChI=1S/C14H12FN3O3/c15-10-2-1-3-12(6-10)21-14-16-7-11(8-17-14)18-4-5-20-9-13(18)19/h1-3,6-8H,4-5,9H2. The monoisotopic (exact) mass is 289 g/mol. The second kappa shape index (κ2) is 5.84. The van der Waals surface area contributed by atoms with Crippen LogP contribution in [0.15, 0.2) is 36.7 Å². The molecule has 1 amide bonds. The van der Waals surface area contributed by atoms with E-state index in [0.29, 0.717) is 24.6 Å². The Balaban J connectivity index is 1.73. The zero-order chi connectivity index (χ0) is 14.7. The van der Waals surface area contributed by atoms with Crippen LogP contribution >= 0.6 is 0 Å². The summed E-state index contributed by atoms with van der Waals surface area (Å²) in [6.45, 7) is 1.00. The van der Waals surface area contributed by atoms with Crippen molar-refractivity contribution in [1.29, 1.82) is 0 Å². The topological polar surface area (TPSA) is 64.5 Å². The number of hydrogen-bond donors (Lipinski definition) is 0. The van der Waals surface area contributed by atoms with Gasteiger partial charge in [-0.25, -0.2) is 14.4 Å². The Labute approximate surface area is 120 Å². The number of amides is 1. The number of aromatic nitrogens is 2. The first kappa shape index (κ1) is 13.4. The molecule has 0 aliphatic carbocycles. The third-order valence-corrected chi connectivity index (χ3v) is 2.92. The SMILES string of the molecule is O=C1COCCN1c1cnc(Oc2cccc(F)c2)nc1. The summed E-state index contributed by atoms with van der Waals surface area (Å²) in [6, 6.07) is 5.78. The smallest absolute Gasteiger partial charge is 0.322 e. The Morgan fingerprint density at radius 3 is 2.81 bits per heavy atom. The van der Waals surface area contributed by atoms with E-state index in [2.05, 4.69) is 9.97 Å². The van der Waals surface area contributed by atoms with Crippen molar-refractivity contribution in [2.45, 2.75) is 0 Å². The zero-order valence-electron chi connectivity index (χ0n) is 11.0. The van der Waals surface area contributed by atoms with Gasteiger partial charge in [0, 0.05) is 12.6 Å². The average Bonchev–Trinajstić information content (AvgIpc) is 2.49. The van der Waals surface area contributed by atoms with Crippen LogP contribution < -0.4 is 9.64 Å². The molecule has 0 N–H and O–H groups in total. The fourth-order valence-electron chi connectivity index (χ4n) is 1.93. The molecule has 1 aromatic heterocycles. The second-order valence-electron chi connectivity index (χ2n) is 4.38. The van der Waals surface area contributed by atoms with Crippen LogP contribution in [0.2, 0.25) is 0 Å². The van der Waals surface area contributed by atoms with E-state index in [1.807, 2.05) is 0 Å². The average molecular weight is 289 g/mol. The molecule has 1 fully saturated rings. The van der Waals surface area contributed by atoms with Crippen LogP contribution in [0.5, 0.6) is 11.8 Å². The molecule has 1 aliphatic heterocycles. The lowest BCUT2D eigenvalue weighted by Gasteiger charge is -2.26. The van der Waals surface area contributed by atoms with Crippen LogP contribution in [-0.2, 0) is 9.53 Å². The first-order valence-electron chi connectivity index (χ1n) is 6.36. The summed E-state index contributed by atoms with van der Waals surface area (Å²) >= 11 is 0. The number of morpholine rings is 1. The summed E-state index contributed by atoms with van der Waals surface area (Å²) < 4.78 is 23.4. The van der Waals surface area contributed by atoms with E-state index >= 15 is 0 Å². The maximum absolute atomic E-state index is 13.0. The number of halogens is 1. The van der Waals surface area contributed by atoms with Crippen LogP contribution in [0.25, 0.3) is 0 Å². The summed E-state index contributed by atoms with van der Waals surface area (Å²) in [5.74, 6) is -0.225. The van der Waals surface area contributed by atoms with Gasteiger partial charge in [-0.2, -0.15) is 0 Å². The van der Waals surface area contributed by atoms with Crippen molar-refractivity contribution < 1.29 is 18.7 Å². The van der Waals surface area contributed by atoms with Gasteiger partial charge < -0.3 is 14.4 Å². The summed E-state index contributed by atoms with van der Waals surface area (Å²) in [6.07, 6.45) is 2.98. The minimum Gasteiger partial charge on any atom is -0.424 e. The molecule has 2 heterocycles. The molecular formula is C14H12FN3O3. The van der Waals surface area contributed by atoms with Crippen molar-refractivity contribution in [2.24, 2.45) is 0 Å². The van der Waals surface area contributed by atoms with Crippen molar-refractivity contribution in [3.05, 3.63) is 42.5 Å². The normalized spacial score (nSPS) is 15.1. The maximum atomic E-state index is 13.0. The summed E-state index contributed by atoms with van der Waals surface area (Å²) in [5, 5.41) is 0. The molecule has 1 aromatic carbocycles. The van der Waals surface area contributed by atoms with Gasteiger partial charge >= 0.3 is 6.01 Å². The van der Waals surface area contributed by atoms with E-state index < -0.39 is 5.82 Å². The first-order valence-corrected chi connectivity index (χ1v) is 6.36. The molecule has 6 nitrogen and oxygen atoms in total. The van der Waals surface area contributed by atoms with Crippen molar-refractivity contribution in [3.63, 3.8) is 0 Å². The number of hydrogen-bond acceptors (Lipinski definition) is 5. The molecule has 108 valence electrons. The van der Waals surface area contributed by atoms with Crippen molar-refractivity contribution in [1.82, 2.24) is 9.97 Å². The molecule has 0 bridgehead atoms. The highest BCUT2D eigenvalue weighted by atomic mass is 19.1. The van der Waals surface area contributed by atoms with E-state index in [0.717, 1.165) is 0 Å². The lowest BCUT2D eigenvalue weighted by atomic mass is 10.3. The van der Waals surface area contributed by atoms with Crippen LogP contribution in [0.1, 0.15) is 0 Å². The maximum Gasteiger partial charge on any atom is 0.322 e. The quantitative estimate of drug-likeness (QED) is 0.861. The minimum atomic E-state index is -0.400. The van der Waals surface area contributed by atoms with E-state index in [1.54, 1.807) is 11.0 Å². The van der Waals surface area contributed by atoms with Crippen molar-refractivity contribution in [2.75, 3.05) is 24.7 Å². The number of benzene rings is 1. The molecule has 1 saturated heterocycles. The van der Waals surface area contributed by atoms with Gasteiger partial charge in [0.2, 0.25) is 0 Å². The molecule has 0 spiro atoms. The first-order chi connectivity index (χ1) is 10.2. The minimum absolute atomic E-state index is 0.0571. The lowest BCUT2D eigenvalue weighted by molar-refractivity contribution is -0.125. The third-order valence-electron chi connectivity index (χ3n) is 2.92. The van der Waals surface area contributed by atoms with Gasteiger partial charge in [0.05, 0.1) is 24.7 Å². The fraction of sp³-hybridized carbons (Fsp3) is 0.214. The fourth-order valence-corrected chi connectivity index (χ4v) is 1.93. The van der Waals surface area contributed by atoms with Crippen LogP contribution in [0.4, 0.5) is 10.1 Å². The molecule has 0 radical (unpaired) electrons. The molecule has 1 aliphatic rings. The molecule has 2 aromatic rings. The van der Waals surface area contributed by atoms with Crippen molar-refractivity contribution >= 4 is 11.6 Å². The molecule has 0 atom stereocenters. The van der Waals surface area contributed by atoms with Gasteiger partial charge in [0.15, 0.2) is 0 Å². The molecule has 0 unspecified atom stereocenters. The number of anilines is 1. The number of carbonyl (C=O) groups excluding carboxylic acids is 1. The van der Waals surface area contributed by atoms with Crippen LogP contribution in [0.3, 0.4) is 0 Å². The van der Waals surface area contributed by atoms with Crippen molar-refractivity contribution in [3.8, 4) is 11.8 Å². The summed E-state index contributed by atoms with van der Waals surface area (Å²) in [7, 11) is 0. The molecule has 7 heteroatoms. The van der Waals surface area contributed by atoms with Crippen LogP contribution in [-0.4, -0.2) is 35.6 Å². The zero-order valence-corrected chi connectivity index (χ0v) is 11.0. The van der Waals surface area contributed by atoms with E-state index in [-0.39, 0.29) is 18.5 Å². The van der Waals surface area contributed by atoms with Gasteiger partial charge in [0.25, 0.3) is 5.91 Å². The Kier molecular flexibility index (Phi) is 3.74. The van der Waals surface area contributed by atoms with E-state index in [9.17, 15) is 9.18 Å². The number of rotatable bonds is 3. The van der Waals surface area contributed by atoms with E-state index in [4.69, 9.17) is 9.47 Å². The highest BCUT2D eigenvalue weighted by molar-refractivity contribution is 5.94. The largest absolute Gasteiger partial charge is 0.424 e. The Hall–Kier alpha value is -2.54. The number of nitrogens with zero attached hydrogens (tertiary/aromatic N) is 3. The summed E-state index contributed by atoms with van der Waals surface area (Å²) in [4.78, 5) is 21.3. The van der Waals surface area contributed by atoms with Gasteiger partial charge in [0.1, 0.15) is 18.2 Å². The Morgan fingerprint density at radius 2 is 2.10 bits per heavy atom. The van der Waals surface area contributed by atoms with Gasteiger partial charge in [-0.05, 0) is 12.1 Å². The Bertz CT molecular complexity index is 648. The van der Waals surface area contributed by atoms with E-state index in [1.165, 1.54) is 30.6 Å². The molecular weight excluding hydrogens is 277 g/mol. The second-order valence-corrected chi connectivity index (χ2v) is 4.38. The predicted octanol–water partition coefficient (Wildman–Crippen LogP) is 1.77. The third kappa shape index (κ3) is 3.14. The summed E-state index contributed by atoms with van der Waals surface area (Å²) in [5.41, 5.74) is 0.579. The predicted molar refractivity (Wildman–Crippen MR) is 71.7 cm³/mol. The molecule has 21 heavy (non-hydrogen) atoms. The number of carbonyl (C=O) groups is 1. The highest BCUT2D eigenvalue weighted by Gasteiger charge is 2.20.